The Morgan fingerprint density at radius 1 is 1.04 bits per heavy atom. The molecule has 0 bridgehead atoms. The monoisotopic (exact) mass is 321 g/mol. The van der Waals surface area contributed by atoms with E-state index in [1.165, 1.54) is 5.56 Å². The lowest BCUT2D eigenvalue weighted by Gasteiger charge is -2.06. The first-order chi connectivity index (χ1) is 11.7. The van der Waals surface area contributed by atoms with Crippen LogP contribution in [0.1, 0.15) is 18.9 Å². The Bertz CT molecular complexity index is 890. The molecule has 0 fully saturated rings. The number of nitrogens with zero attached hydrogens (tertiary/aromatic N) is 2. The van der Waals surface area contributed by atoms with Gasteiger partial charge in [0.05, 0.1) is 11.0 Å². The van der Waals surface area contributed by atoms with Crippen LogP contribution in [-0.2, 0) is 13.1 Å². The lowest BCUT2D eigenvalue weighted by atomic mass is 10.2. The fourth-order valence-corrected chi connectivity index (χ4v) is 2.98. The second-order valence-electron chi connectivity index (χ2n) is 6.01. The highest BCUT2D eigenvalue weighted by molar-refractivity contribution is 5.79. The number of allylic oxidation sites excluding steroid dienone is 1. The summed E-state index contributed by atoms with van der Waals surface area (Å²) in [6.07, 6.45) is 0.900. The topological polar surface area (TPSA) is 39.0 Å². The van der Waals surface area contributed by atoms with Crippen molar-refractivity contribution in [2.45, 2.75) is 26.4 Å². The van der Waals surface area contributed by atoms with E-state index in [1.54, 1.807) is 4.57 Å². The van der Waals surface area contributed by atoms with Gasteiger partial charge in [0.15, 0.2) is 0 Å². The minimum absolute atomic E-state index is 0.00763. The summed E-state index contributed by atoms with van der Waals surface area (Å²) in [5.74, 6) is 0. The quantitative estimate of drug-likeness (QED) is 0.677. The summed E-state index contributed by atoms with van der Waals surface area (Å²) in [6, 6.07) is 18.2. The van der Waals surface area contributed by atoms with Crippen molar-refractivity contribution < 1.29 is 0 Å². The average Bonchev–Trinajstić information content (AvgIpc) is 2.87. The van der Waals surface area contributed by atoms with Crippen molar-refractivity contribution in [2.24, 2.45) is 0 Å². The van der Waals surface area contributed by atoms with Crippen LogP contribution in [0.25, 0.3) is 16.7 Å². The van der Waals surface area contributed by atoms with Crippen molar-refractivity contribution in [1.29, 1.82) is 0 Å². The Labute approximate surface area is 142 Å². The van der Waals surface area contributed by atoms with Gasteiger partial charge in [0.25, 0.3) is 0 Å². The SMILES string of the molecule is C=C(C)n1c(=O)n(CCCNCc2ccccc2)c2ccccc21. The number of benzene rings is 2. The fourth-order valence-electron chi connectivity index (χ4n) is 2.98. The smallest absolute Gasteiger partial charge is 0.313 e. The molecule has 0 aliphatic heterocycles. The van der Waals surface area contributed by atoms with Crippen molar-refractivity contribution in [3.8, 4) is 0 Å². The molecule has 4 heteroatoms. The second-order valence-corrected chi connectivity index (χ2v) is 6.01. The molecule has 124 valence electrons. The highest BCUT2D eigenvalue weighted by Gasteiger charge is 2.12. The van der Waals surface area contributed by atoms with Gasteiger partial charge in [-0.3, -0.25) is 9.13 Å². The molecule has 3 rings (SSSR count). The Balaban J connectivity index is 1.66. The molecule has 0 saturated carbocycles. The maximum Gasteiger partial charge on any atom is 0.333 e. The van der Waals surface area contributed by atoms with Crippen molar-refractivity contribution >= 4 is 16.7 Å². The van der Waals surface area contributed by atoms with Crippen LogP contribution in [0.3, 0.4) is 0 Å². The fraction of sp³-hybridized carbons (Fsp3) is 0.250. The van der Waals surface area contributed by atoms with E-state index in [-0.39, 0.29) is 5.69 Å². The standard InChI is InChI=1S/C20H23N3O/c1-16(2)23-19-12-7-6-11-18(19)22(20(23)24)14-8-13-21-15-17-9-4-3-5-10-17/h3-7,9-12,21H,1,8,13-15H2,2H3. The molecule has 0 spiro atoms. The molecule has 3 aromatic rings. The van der Waals surface area contributed by atoms with E-state index >= 15 is 0 Å². The molecule has 0 atom stereocenters. The third-order valence-corrected chi connectivity index (χ3v) is 4.12. The molecule has 0 saturated heterocycles. The number of rotatable bonds is 7. The van der Waals surface area contributed by atoms with E-state index in [4.69, 9.17) is 0 Å². The number of hydrogen-bond donors (Lipinski definition) is 1. The normalized spacial score (nSPS) is 11.0. The Morgan fingerprint density at radius 2 is 1.71 bits per heavy atom. The van der Waals surface area contributed by atoms with E-state index in [9.17, 15) is 4.79 Å². The van der Waals surface area contributed by atoms with Gasteiger partial charge in [-0.25, -0.2) is 4.79 Å². The maximum atomic E-state index is 12.7. The van der Waals surface area contributed by atoms with Gasteiger partial charge in [0.2, 0.25) is 0 Å². The first kappa shape index (κ1) is 16.3. The highest BCUT2D eigenvalue weighted by Crippen LogP contribution is 2.15. The lowest BCUT2D eigenvalue weighted by molar-refractivity contribution is 0.577. The largest absolute Gasteiger partial charge is 0.333 e. The molecule has 24 heavy (non-hydrogen) atoms. The zero-order valence-corrected chi connectivity index (χ0v) is 14.0. The van der Waals surface area contributed by atoms with Crippen LogP contribution in [0.15, 0.2) is 66.0 Å². The average molecular weight is 321 g/mol. The maximum absolute atomic E-state index is 12.7. The van der Waals surface area contributed by atoms with Crippen LogP contribution in [0.4, 0.5) is 0 Å². The van der Waals surface area contributed by atoms with Crippen molar-refractivity contribution in [3.05, 3.63) is 77.2 Å². The zero-order chi connectivity index (χ0) is 16.9. The Hall–Kier alpha value is -2.59. The van der Waals surface area contributed by atoms with E-state index < -0.39 is 0 Å². The number of hydrogen-bond acceptors (Lipinski definition) is 2. The summed E-state index contributed by atoms with van der Waals surface area (Å²) in [5.41, 5.74) is 3.90. The molecule has 0 aliphatic rings. The van der Waals surface area contributed by atoms with Crippen molar-refractivity contribution in [1.82, 2.24) is 14.5 Å². The summed E-state index contributed by atoms with van der Waals surface area (Å²) in [6.45, 7) is 8.21. The molecular formula is C20H23N3O. The number of aryl methyl sites for hydroxylation is 1. The second kappa shape index (κ2) is 7.32. The van der Waals surface area contributed by atoms with E-state index in [1.807, 2.05) is 54.0 Å². The zero-order valence-electron chi connectivity index (χ0n) is 14.0. The van der Waals surface area contributed by atoms with Crippen LogP contribution in [0.5, 0.6) is 0 Å². The summed E-state index contributed by atoms with van der Waals surface area (Å²) in [7, 11) is 0. The summed E-state index contributed by atoms with van der Waals surface area (Å²) in [5, 5.41) is 3.43. The summed E-state index contributed by atoms with van der Waals surface area (Å²) >= 11 is 0. The summed E-state index contributed by atoms with van der Waals surface area (Å²) in [4.78, 5) is 12.7. The van der Waals surface area contributed by atoms with Gasteiger partial charge in [-0.1, -0.05) is 49.0 Å². The van der Waals surface area contributed by atoms with Crippen LogP contribution in [-0.4, -0.2) is 15.7 Å². The molecule has 1 heterocycles. The minimum atomic E-state index is -0.00763. The minimum Gasteiger partial charge on any atom is -0.313 e. The first-order valence-electron chi connectivity index (χ1n) is 8.29. The van der Waals surface area contributed by atoms with Crippen molar-refractivity contribution in [2.75, 3.05) is 6.54 Å². The van der Waals surface area contributed by atoms with E-state index in [2.05, 4.69) is 24.0 Å². The molecule has 1 aromatic heterocycles. The van der Waals surface area contributed by atoms with Gasteiger partial charge in [-0.2, -0.15) is 0 Å². The Morgan fingerprint density at radius 3 is 2.42 bits per heavy atom. The number of para-hydroxylation sites is 2. The van der Waals surface area contributed by atoms with E-state index in [0.717, 1.165) is 36.2 Å². The van der Waals surface area contributed by atoms with Gasteiger partial charge in [0, 0.05) is 18.8 Å². The van der Waals surface area contributed by atoms with E-state index in [0.29, 0.717) is 6.54 Å². The molecule has 0 amide bonds. The third kappa shape index (κ3) is 3.34. The predicted octanol–water partition coefficient (Wildman–Crippen LogP) is 3.47. The van der Waals surface area contributed by atoms with Gasteiger partial charge in [-0.05, 0) is 37.6 Å². The summed E-state index contributed by atoms with van der Waals surface area (Å²) < 4.78 is 3.53. The van der Waals surface area contributed by atoms with Gasteiger partial charge in [0.1, 0.15) is 0 Å². The van der Waals surface area contributed by atoms with Crippen LogP contribution in [0, 0.1) is 0 Å². The Kier molecular flexibility index (Phi) is 4.96. The molecule has 0 radical (unpaired) electrons. The van der Waals surface area contributed by atoms with Crippen LogP contribution in [0.2, 0.25) is 0 Å². The number of fused-ring (bicyclic) bond motifs is 1. The van der Waals surface area contributed by atoms with Crippen LogP contribution < -0.4 is 11.0 Å². The predicted molar refractivity (Wildman–Crippen MR) is 100.0 cm³/mol. The lowest BCUT2D eigenvalue weighted by Crippen LogP contribution is -2.25. The number of imidazole rings is 1. The van der Waals surface area contributed by atoms with Crippen LogP contribution >= 0.6 is 0 Å². The molecule has 4 nitrogen and oxygen atoms in total. The number of nitrogens with one attached hydrogen (secondary N) is 1. The molecular weight excluding hydrogens is 298 g/mol. The van der Waals surface area contributed by atoms with Gasteiger partial charge < -0.3 is 5.32 Å². The molecule has 2 aromatic carbocycles. The molecule has 1 N–H and O–H groups in total. The van der Waals surface area contributed by atoms with Crippen molar-refractivity contribution in [3.63, 3.8) is 0 Å². The third-order valence-electron chi connectivity index (χ3n) is 4.12. The van der Waals surface area contributed by atoms with Gasteiger partial charge in [-0.15, -0.1) is 0 Å². The first-order valence-corrected chi connectivity index (χ1v) is 8.29. The van der Waals surface area contributed by atoms with Gasteiger partial charge >= 0.3 is 5.69 Å². The molecule has 0 unspecified atom stereocenters. The number of aromatic nitrogens is 2. The highest BCUT2D eigenvalue weighted by atomic mass is 16.1. The molecule has 0 aliphatic carbocycles.